The van der Waals surface area contributed by atoms with Gasteiger partial charge in [-0.2, -0.15) is 0 Å². The maximum Gasteiger partial charge on any atom is 0.0433 e. The largest absolute Gasteiger partial charge is 0.366 e. The highest BCUT2D eigenvalue weighted by molar-refractivity contribution is 5.52. The maximum absolute atomic E-state index is 2.79. The fraction of sp³-hybridized carbons (Fsp3) is 0.676. The number of fused-ring (bicyclic) bond motifs is 2. The molecule has 0 saturated carbocycles. The Hall–Kier alpha value is -1.84. The van der Waals surface area contributed by atoms with Crippen molar-refractivity contribution < 1.29 is 0 Å². The Morgan fingerprint density at radius 1 is 0.700 bits per heavy atom. The van der Waals surface area contributed by atoms with Gasteiger partial charge in [-0.15, -0.1) is 0 Å². The lowest BCUT2D eigenvalue weighted by Gasteiger charge is -2.47. The lowest BCUT2D eigenvalue weighted by Crippen LogP contribution is -2.53. The molecule has 1 unspecified atom stereocenters. The first-order valence-electron chi connectivity index (χ1n) is 16.0. The van der Waals surface area contributed by atoms with Gasteiger partial charge in [0.25, 0.3) is 0 Å². The summed E-state index contributed by atoms with van der Waals surface area (Å²) in [5.41, 5.74) is 6.59. The van der Waals surface area contributed by atoms with Crippen molar-refractivity contribution in [3.8, 4) is 0 Å². The van der Waals surface area contributed by atoms with Crippen LogP contribution in [0.3, 0.4) is 0 Å². The normalized spacial score (nSPS) is 25.1. The molecule has 5 rings (SSSR count). The third kappa shape index (κ3) is 6.02. The first-order chi connectivity index (χ1) is 18.5. The van der Waals surface area contributed by atoms with E-state index in [-0.39, 0.29) is 21.9 Å². The van der Waals surface area contributed by atoms with Crippen molar-refractivity contribution in [2.45, 2.75) is 135 Å². The Morgan fingerprint density at radius 3 is 1.88 bits per heavy atom. The SMILES string of the molecule is CC(C)(C)c1ccc(C2CCCN(C(C)(C)CC(C)(C)c3ccc(N4C[C@H]5C[C@@H]4CN5C(C)(C)C)cc3)C2)cc1. The lowest BCUT2D eigenvalue weighted by molar-refractivity contribution is 0.0618. The molecule has 0 spiro atoms. The Balaban J connectivity index is 1.23. The number of nitrogens with zero attached hydrogens (tertiary/aromatic N) is 3. The van der Waals surface area contributed by atoms with Crippen molar-refractivity contribution in [2.24, 2.45) is 0 Å². The highest BCUT2D eigenvalue weighted by Gasteiger charge is 2.47. The number of benzene rings is 2. The van der Waals surface area contributed by atoms with Gasteiger partial charge in [-0.3, -0.25) is 9.80 Å². The van der Waals surface area contributed by atoms with E-state index in [9.17, 15) is 0 Å². The van der Waals surface area contributed by atoms with Crippen LogP contribution in [0.5, 0.6) is 0 Å². The highest BCUT2D eigenvalue weighted by Crippen LogP contribution is 2.41. The first-order valence-corrected chi connectivity index (χ1v) is 16.0. The molecule has 40 heavy (non-hydrogen) atoms. The van der Waals surface area contributed by atoms with Crippen LogP contribution in [-0.4, -0.2) is 59.1 Å². The summed E-state index contributed by atoms with van der Waals surface area (Å²) in [5.74, 6) is 0.634. The van der Waals surface area contributed by atoms with Gasteiger partial charge in [0.15, 0.2) is 0 Å². The number of rotatable bonds is 6. The maximum atomic E-state index is 2.79. The summed E-state index contributed by atoms with van der Waals surface area (Å²) in [6.07, 6.45) is 5.06. The quantitative estimate of drug-likeness (QED) is 0.362. The summed E-state index contributed by atoms with van der Waals surface area (Å²) in [6.45, 7) is 28.6. The van der Waals surface area contributed by atoms with Crippen LogP contribution in [0.4, 0.5) is 5.69 Å². The number of anilines is 1. The van der Waals surface area contributed by atoms with Gasteiger partial charge in [-0.25, -0.2) is 0 Å². The molecule has 3 heterocycles. The molecular weight excluding hydrogens is 486 g/mol. The van der Waals surface area contributed by atoms with Crippen LogP contribution in [-0.2, 0) is 10.8 Å². The van der Waals surface area contributed by atoms with Crippen LogP contribution >= 0.6 is 0 Å². The average Bonchev–Trinajstić information content (AvgIpc) is 3.50. The summed E-state index contributed by atoms with van der Waals surface area (Å²) < 4.78 is 0. The molecule has 3 nitrogen and oxygen atoms in total. The zero-order chi connectivity index (χ0) is 29.1. The molecule has 0 amide bonds. The fourth-order valence-electron chi connectivity index (χ4n) is 8.26. The fourth-order valence-corrected chi connectivity index (χ4v) is 8.26. The van der Waals surface area contributed by atoms with Crippen molar-refractivity contribution in [1.29, 1.82) is 0 Å². The van der Waals surface area contributed by atoms with Gasteiger partial charge in [0, 0.05) is 48.5 Å². The lowest BCUT2D eigenvalue weighted by atomic mass is 9.73. The summed E-state index contributed by atoms with van der Waals surface area (Å²) in [5, 5.41) is 0. The molecule has 2 bridgehead atoms. The van der Waals surface area contributed by atoms with Gasteiger partial charge in [-0.05, 0) is 112 Å². The van der Waals surface area contributed by atoms with E-state index in [1.807, 2.05) is 0 Å². The van der Waals surface area contributed by atoms with Crippen molar-refractivity contribution in [1.82, 2.24) is 9.80 Å². The van der Waals surface area contributed by atoms with E-state index in [0.717, 1.165) is 6.42 Å². The minimum absolute atomic E-state index is 0.121. The summed E-state index contributed by atoms with van der Waals surface area (Å²) in [6, 6.07) is 20.6. The first kappa shape index (κ1) is 29.6. The predicted octanol–water partition coefficient (Wildman–Crippen LogP) is 8.37. The van der Waals surface area contributed by atoms with E-state index in [0.29, 0.717) is 18.0 Å². The van der Waals surface area contributed by atoms with Crippen molar-refractivity contribution >= 4 is 5.69 Å². The molecule has 2 aromatic rings. The van der Waals surface area contributed by atoms with E-state index in [2.05, 4.69) is 132 Å². The smallest absolute Gasteiger partial charge is 0.0433 e. The van der Waals surface area contributed by atoms with E-state index in [4.69, 9.17) is 0 Å². The number of hydrogen-bond acceptors (Lipinski definition) is 3. The zero-order valence-electron chi connectivity index (χ0n) is 27.3. The molecule has 3 atom stereocenters. The van der Waals surface area contributed by atoms with Gasteiger partial charge in [0.05, 0.1) is 0 Å². The zero-order valence-corrected chi connectivity index (χ0v) is 27.3. The second-order valence-corrected chi connectivity index (χ2v) is 16.6. The number of hydrogen-bond donors (Lipinski definition) is 0. The molecule has 0 radical (unpaired) electrons. The summed E-state index contributed by atoms with van der Waals surface area (Å²) in [4.78, 5) is 8.19. The molecule has 3 saturated heterocycles. The molecule has 3 aliphatic rings. The molecule has 220 valence electrons. The van der Waals surface area contributed by atoms with E-state index in [1.165, 1.54) is 67.8 Å². The van der Waals surface area contributed by atoms with Gasteiger partial charge in [0.2, 0.25) is 0 Å². The van der Waals surface area contributed by atoms with Gasteiger partial charge in [0.1, 0.15) is 0 Å². The van der Waals surface area contributed by atoms with Crippen molar-refractivity contribution in [3.63, 3.8) is 0 Å². The van der Waals surface area contributed by atoms with Crippen LogP contribution in [0, 0.1) is 0 Å². The summed E-state index contributed by atoms with van der Waals surface area (Å²) >= 11 is 0. The molecule has 3 aliphatic heterocycles. The molecule has 3 heteroatoms. The van der Waals surface area contributed by atoms with E-state index >= 15 is 0 Å². The highest BCUT2D eigenvalue weighted by atomic mass is 15.4. The monoisotopic (exact) mass is 543 g/mol. The standard InChI is InChI=1S/C37H57N3/c1-34(2,3)29-15-13-27(14-16-29)28-12-11-21-38(23-28)37(9,10)26-36(7,8)30-17-19-31(20-18-30)39-24-33-22-32(39)25-40(33)35(4,5)6/h13-20,28,32-33H,11-12,21-26H2,1-10H3/t28?,32-,33-/m1/s1. The van der Waals surface area contributed by atoms with Gasteiger partial charge >= 0.3 is 0 Å². The third-order valence-electron chi connectivity index (χ3n) is 10.5. The minimum atomic E-state index is 0.121. The van der Waals surface area contributed by atoms with Crippen LogP contribution in [0.15, 0.2) is 48.5 Å². The van der Waals surface area contributed by atoms with Crippen LogP contribution in [0.25, 0.3) is 0 Å². The van der Waals surface area contributed by atoms with Crippen molar-refractivity contribution in [3.05, 3.63) is 65.2 Å². The molecule has 0 N–H and O–H groups in total. The summed E-state index contributed by atoms with van der Waals surface area (Å²) in [7, 11) is 0. The predicted molar refractivity (Wildman–Crippen MR) is 173 cm³/mol. The van der Waals surface area contributed by atoms with Crippen LogP contribution < -0.4 is 4.90 Å². The molecule has 0 aromatic heterocycles. The Bertz CT molecular complexity index is 1150. The topological polar surface area (TPSA) is 9.72 Å². The molecule has 3 fully saturated rings. The van der Waals surface area contributed by atoms with Crippen LogP contribution in [0.2, 0.25) is 0 Å². The van der Waals surface area contributed by atoms with Crippen LogP contribution in [0.1, 0.15) is 118 Å². The molecule has 2 aromatic carbocycles. The van der Waals surface area contributed by atoms with Crippen molar-refractivity contribution in [2.75, 3.05) is 31.1 Å². The Kier molecular flexibility index (Phi) is 7.75. The average molecular weight is 544 g/mol. The van der Waals surface area contributed by atoms with Gasteiger partial charge < -0.3 is 4.90 Å². The number of piperidine rings is 1. The third-order valence-corrected chi connectivity index (χ3v) is 10.5. The second-order valence-electron chi connectivity index (χ2n) is 16.6. The minimum Gasteiger partial charge on any atom is -0.366 e. The van der Waals surface area contributed by atoms with Gasteiger partial charge in [-0.1, -0.05) is 71.0 Å². The Morgan fingerprint density at radius 2 is 1.32 bits per heavy atom. The van der Waals surface area contributed by atoms with E-state index < -0.39 is 0 Å². The molecule has 0 aliphatic carbocycles. The number of piperazine rings is 1. The second kappa shape index (κ2) is 10.5. The van der Waals surface area contributed by atoms with E-state index in [1.54, 1.807) is 0 Å². The molecular formula is C37H57N3. The Labute approximate surface area is 246 Å². The number of likely N-dealkylation sites (tertiary alicyclic amines) is 2.